The standard InChI is InChI=1S/C9H14FN3O2S/c1-13-8(7-5-3-2-4-6-7)11-12-9(13)16(10,14)15/h7H,2-6H2,1H3. The van der Waals surface area contributed by atoms with Crippen LogP contribution in [-0.4, -0.2) is 23.2 Å². The Morgan fingerprint density at radius 1 is 1.25 bits per heavy atom. The highest BCUT2D eigenvalue weighted by Gasteiger charge is 2.26. The van der Waals surface area contributed by atoms with Gasteiger partial charge in [-0.1, -0.05) is 23.1 Å². The normalized spacial score (nSPS) is 18.9. The van der Waals surface area contributed by atoms with Crippen LogP contribution in [0.15, 0.2) is 5.16 Å². The largest absolute Gasteiger partial charge is 0.368 e. The highest BCUT2D eigenvalue weighted by molar-refractivity contribution is 7.86. The molecule has 0 radical (unpaired) electrons. The summed E-state index contributed by atoms with van der Waals surface area (Å²) in [6.45, 7) is 0. The molecule has 1 fully saturated rings. The summed E-state index contributed by atoms with van der Waals surface area (Å²) in [4.78, 5) is 0. The predicted molar refractivity (Wildman–Crippen MR) is 55.1 cm³/mol. The van der Waals surface area contributed by atoms with Crippen molar-refractivity contribution in [1.29, 1.82) is 0 Å². The van der Waals surface area contributed by atoms with E-state index in [1.54, 1.807) is 0 Å². The van der Waals surface area contributed by atoms with Crippen molar-refractivity contribution in [2.45, 2.75) is 43.2 Å². The van der Waals surface area contributed by atoms with Gasteiger partial charge in [-0.05, 0) is 12.8 Å². The summed E-state index contributed by atoms with van der Waals surface area (Å²) in [5.74, 6) is 0.790. The molecule has 0 aromatic carbocycles. The van der Waals surface area contributed by atoms with E-state index in [2.05, 4.69) is 10.2 Å². The van der Waals surface area contributed by atoms with Gasteiger partial charge >= 0.3 is 10.2 Å². The first-order valence-corrected chi connectivity index (χ1v) is 6.72. The molecule has 0 N–H and O–H groups in total. The lowest BCUT2D eigenvalue weighted by molar-refractivity contribution is 0.417. The summed E-state index contributed by atoms with van der Waals surface area (Å²) in [5, 5.41) is 6.62. The topological polar surface area (TPSA) is 64.8 Å². The third-order valence-electron chi connectivity index (χ3n) is 3.06. The Labute approximate surface area is 93.9 Å². The van der Waals surface area contributed by atoms with Crippen molar-refractivity contribution in [3.63, 3.8) is 0 Å². The van der Waals surface area contributed by atoms with Gasteiger partial charge in [0.05, 0.1) is 0 Å². The Balaban J connectivity index is 2.33. The summed E-state index contributed by atoms with van der Waals surface area (Å²) in [5.41, 5.74) is 0. The molecule has 0 amide bonds. The maximum Gasteiger partial charge on any atom is 0.368 e. The van der Waals surface area contributed by atoms with Crippen molar-refractivity contribution >= 4 is 10.2 Å². The lowest BCUT2D eigenvalue weighted by Gasteiger charge is -2.20. The van der Waals surface area contributed by atoms with Crippen LogP contribution in [0.4, 0.5) is 3.89 Å². The SMILES string of the molecule is Cn1c(C2CCCCC2)nnc1S(=O)(=O)F. The molecule has 1 aliphatic rings. The highest BCUT2D eigenvalue weighted by atomic mass is 32.3. The number of halogens is 1. The molecule has 2 rings (SSSR count). The fraction of sp³-hybridized carbons (Fsp3) is 0.778. The van der Waals surface area contributed by atoms with Crippen molar-refractivity contribution in [3.8, 4) is 0 Å². The van der Waals surface area contributed by atoms with E-state index in [1.165, 1.54) is 18.0 Å². The van der Waals surface area contributed by atoms with Gasteiger partial charge < -0.3 is 4.57 Å². The Morgan fingerprint density at radius 3 is 2.38 bits per heavy atom. The molecule has 0 saturated heterocycles. The highest BCUT2D eigenvalue weighted by Crippen LogP contribution is 2.31. The van der Waals surface area contributed by atoms with Crippen LogP contribution in [0.1, 0.15) is 43.8 Å². The molecule has 1 heterocycles. The van der Waals surface area contributed by atoms with Crippen molar-refractivity contribution < 1.29 is 12.3 Å². The lowest BCUT2D eigenvalue weighted by atomic mass is 9.89. The molecule has 0 aliphatic heterocycles. The number of rotatable bonds is 2. The van der Waals surface area contributed by atoms with Gasteiger partial charge in [0.2, 0.25) is 0 Å². The predicted octanol–water partition coefficient (Wildman–Crippen LogP) is 1.52. The van der Waals surface area contributed by atoms with Crippen molar-refractivity contribution in [3.05, 3.63) is 5.82 Å². The van der Waals surface area contributed by atoms with Crippen molar-refractivity contribution in [2.75, 3.05) is 0 Å². The van der Waals surface area contributed by atoms with E-state index in [4.69, 9.17) is 0 Å². The van der Waals surface area contributed by atoms with Gasteiger partial charge in [0.25, 0.3) is 5.16 Å². The van der Waals surface area contributed by atoms with E-state index >= 15 is 0 Å². The molecule has 0 bridgehead atoms. The lowest BCUT2D eigenvalue weighted by Crippen LogP contribution is -2.12. The van der Waals surface area contributed by atoms with Gasteiger partial charge in [0.15, 0.2) is 0 Å². The zero-order chi connectivity index (χ0) is 11.8. The second-order valence-corrected chi connectivity index (χ2v) is 5.41. The van der Waals surface area contributed by atoms with Gasteiger partial charge in [-0.15, -0.1) is 10.2 Å². The van der Waals surface area contributed by atoms with Crippen LogP contribution in [0.3, 0.4) is 0 Å². The van der Waals surface area contributed by atoms with Gasteiger partial charge in [-0.2, -0.15) is 8.42 Å². The van der Waals surface area contributed by atoms with E-state index in [0.717, 1.165) is 25.7 Å². The average Bonchev–Trinajstić information content (AvgIpc) is 2.61. The number of hydrogen-bond acceptors (Lipinski definition) is 4. The molecule has 1 aliphatic carbocycles. The minimum atomic E-state index is -4.76. The smallest absolute Gasteiger partial charge is 0.303 e. The van der Waals surface area contributed by atoms with Crippen LogP contribution >= 0.6 is 0 Å². The van der Waals surface area contributed by atoms with Gasteiger partial charge in [-0.25, -0.2) is 0 Å². The van der Waals surface area contributed by atoms with Crippen LogP contribution in [0, 0.1) is 0 Å². The Bertz CT molecular complexity index is 477. The first-order chi connectivity index (χ1) is 7.50. The molecule has 1 aromatic heterocycles. The monoisotopic (exact) mass is 247 g/mol. The molecule has 0 spiro atoms. The zero-order valence-corrected chi connectivity index (χ0v) is 9.87. The maximum atomic E-state index is 12.8. The number of nitrogens with zero attached hydrogens (tertiary/aromatic N) is 3. The minimum absolute atomic E-state index is 0.210. The van der Waals surface area contributed by atoms with Crippen LogP contribution in [-0.2, 0) is 17.3 Å². The van der Waals surface area contributed by atoms with Crippen LogP contribution < -0.4 is 0 Å². The molecule has 90 valence electrons. The fourth-order valence-corrected chi connectivity index (χ4v) is 2.81. The molecule has 16 heavy (non-hydrogen) atoms. The third-order valence-corrected chi connectivity index (χ3v) is 3.85. The minimum Gasteiger partial charge on any atom is -0.303 e. The average molecular weight is 247 g/mol. The molecule has 7 heteroatoms. The van der Waals surface area contributed by atoms with E-state index in [1.807, 2.05) is 0 Å². The molecule has 0 unspecified atom stereocenters. The summed E-state index contributed by atoms with van der Waals surface area (Å²) >= 11 is 0. The van der Waals surface area contributed by atoms with Crippen LogP contribution in [0.2, 0.25) is 0 Å². The van der Waals surface area contributed by atoms with Crippen LogP contribution in [0.5, 0.6) is 0 Å². The van der Waals surface area contributed by atoms with E-state index in [9.17, 15) is 12.3 Å². The number of hydrogen-bond donors (Lipinski definition) is 0. The summed E-state index contributed by atoms with van der Waals surface area (Å²) in [6, 6.07) is 0. The molecule has 5 nitrogen and oxygen atoms in total. The summed E-state index contributed by atoms with van der Waals surface area (Å²) in [6.07, 6.45) is 5.35. The molecule has 0 atom stereocenters. The maximum absolute atomic E-state index is 12.8. The van der Waals surface area contributed by atoms with Gasteiger partial charge in [-0.3, -0.25) is 0 Å². The fourth-order valence-electron chi connectivity index (χ4n) is 2.25. The quantitative estimate of drug-likeness (QED) is 0.743. The summed E-state index contributed by atoms with van der Waals surface area (Å²) < 4.78 is 35.6. The molecule has 1 saturated carbocycles. The second kappa shape index (κ2) is 4.12. The van der Waals surface area contributed by atoms with E-state index in [0.29, 0.717) is 5.82 Å². The zero-order valence-electron chi connectivity index (χ0n) is 9.06. The second-order valence-electron chi connectivity index (χ2n) is 4.17. The molecular formula is C9H14FN3O2S. The third kappa shape index (κ3) is 2.09. The summed E-state index contributed by atoms with van der Waals surface area (Å²) in [7, 11) is -3.27. The van der Waals surface area contributed by atoms with Gasteiger partial charge in [0, 0.05) is 13.0 Å². The number of aromatic nitrogens is 3. The Hall–Kier alpha value is -0.980. The van der Waals surface area contributed by atoms with Crippen LogP contribution in [0.25, 0.3) is 0 Å². The molecule has 1 aromatic rings. The first kappa shape index (κ1) is 11.5. The first-order valence-electron chi connectivity index (χ1n) is 5.34. The van der Waals surface area contributed by atoms with Crippen molar-refractivity contribution in [1.82, 2.24) is 14.8 Å². The van der Waals surface area contributed by atoms with E-state index in [-0.39, 0.29) is 5.92 Å². The molecular weight excluding hydrogens is 233 g/mol. The van der Waals surface area contributed by atoms with Crippen molar-refractivity contribution in [2.24, 2.45) is 7.05 Å². The van der Waals surface area contributed by atoms with E-state index < -0.39 is 15.4 Å². The Morgan fingerprint density at radius 2 is 1.88 bits per heavy atom. The van der Waals surface area contributed by atoms with Gasteiger partial charge in [0.1, 0.15) is 5.82 Å². The Kier molecular flexibility index (Phi) is 2.96.